The van der Waals surface area contributed by atoms with E-state index in [1.807, 2.05) is 30.3 Å². The van der Waals surface area contributed by atoms with Crippen LogP contribution in [-0.2, 0) is 0 Å². The summed E-state index contributed by atoms with van der Waals surface area (Å²) in [7, 11) is 0. The molecular formula is C17H10ClN2O4-. The molecule has 0 amide bonds. The van der Waals surface area contributed by atoms with Crippen LogP contribution in [-0.4, -0.2) is 9.91 Å². The van der Waals surface area contributed by atoms with E-state index in [1.165, 1.54) is 12.1 Å². The van der Waals surface area contributed by atoms with Crippen LogP contribution in [0, 0.1) is 10.1 Å². The second-order valence-electron chi connectivity index (χ2n) is 4.87. The average Bonchev–Trinajstić information content (AvgIpc) is 3.07. The quantitative estimate of drug-likeness (QED) is 0.527. The molecule has 0 aliphatic rings. The molecule has 0 spiro atoms. The summed E-state index contributed by atoms with van der Waals surface area (Å²) in [6.07, 6.45) is 3.00. The van der Waals surface area contributed by atoms with Crippen LogP contribution in [0.15, 0.2) is 59.1 Å². The van der Waals surface area contributed by atoms with Gasteiger partial charge in [-0.25, -0.2) is 4.98 Å². The lowest BCUT2D eigenvalue weighted by molar-refractivity contribution is -0.398. The summed E-state index contributed by atoms with van der Waals surface area (Å²) in [6, 6.07) is 13.1. The van der Waals surface area contributed by atoms with Crippen molar-refractivity contribution in [2.45, 2.75) is 0 Å². The molecule has 0 saturated heterocycles. The van der Waals surface area contributed by atoms with Gasteiger partial charge in [0.15, 0.2) is 5.76 Å². The Morgan fingerprint density at radius 2 is 1.96 bits per heavy atom. The van der Waals surface area contributed by atoms with Crippen molar-refractivity contribution in [3.63, 3.8) is 0 Å². The first kappa shape index (κ1) is 15.8. The van der Waals surface area contributed by atoms with Crippen molar-refractivity contribution in [3.8, 4) is 17.1 Å². The first-order valence-electron chi connectivity index (χ1n) is 6.89. The fourth-order valence-electron chi connectivity index (χ4n) is 2.10. The molecule has 24 heavy (non-hydrogen) atoms. The molecule has 0 unspecified atom stereocenters. The van der Waals surface area contributed by atoms with Crippen LogP contribution >= 0.6 is 11.6 Å². The Morgan fingerprint density at radius 3 is 2.67 bits per heavy atom. The van der Waals surface area contributed by atoms with Crippen LogP contribution in [0.3, 0.4) is 0 Å². The van der Waals surface area contributed by atoms with Gasteiger partial charge < -0.3 is 9.52 Å². The van der Waals surface area contributed by atoms with Gasteiger partial charge in [0.25, 0.3) is 5.69 Å². The molecule has 0 bridgehead atoms. The Kier molecular flexibility index (Phi) is 4.31. The largest absolute Gasteiger partial charge is 0.868 e. The molecule has 3 rings (SSSR count). The Labute approximate surface area is 141 Å². The summed E-state index contributed by atoms with van der Waals surface area (Å²) in [5, 5.41) is 22.4. The maximum absolute atomic E-state index is 11.4. The molecule has 0 atom stereocenters. The molecule has 6 nitrogen and oxygen atoms in total. The summed E-state index contributed by atoms with van der Waals surface area (Å²) in [6.45, 7) is 0. The van der Waals surface area contributed by atoms with E-state index >= 15 is 0 Å². The van der Waals surface area contributed by atoms with Crippen molar-refractivity contribution in [2.75, 3.05) is 0 Å². The highest BCUT2D eigenvalue weighted by atomic mass is 35.5. The summed E-state index contributed by atoms with van der Waals surface area (Å²) in [4.78, 5) is 14.2. The maximum atomic E-state index is 11.4. The lowest BCUT2D eigenvalue weighted by Crippen LogP contribution is -1.97. The van der Waals surface area contributed by atoms with Gasteiger partial charge >= 0.3 is 0 Å². The van der Waals surface area contributed by atoms with Gasteiger partial charge in [-0.1, -0.05) is 54.1 Å². The molecule has 1 heterocycles. The fourth-order valence-corrected chi connectivity index (χ4v) is 2.31. The molecule has 0 saturated carbocycles. The number of oxazole rings is 1. The standard InChI is InChI=1S/C17H11ClN2O4/c18-13(8-11-6-7-15(21)14(9-11)20(22)23)17-19-10-16(24-17)12-4-2-1-3-5-12/h1-10,21H/p-1/b13-8-. The number of hydrogen-bond donors (Lipinski definition) is 0. The number of nitrogens with zero attached hydrogens (tertiary/aromatic N) is 2. The Bertz CT molecular complexity index is 919. The summed E-state index contributed by atoms with van der Waals surface area (Å²) < 4.78 is 5.60. The van der Waals surface area contributed by atoms with Crippen molar-refractivity contribution >= 4 is 28.4 Å². The first-order valence-corrected chi connectivity index (χ1v) is 7.26. The number of rotatable bonds is 4. The monoisotopic (exact) mass is 341 g/mol. The van der Waals surface area contributed by atoms with Crippen LogP contribution in [0.2, 0.25) is 0 Å². The van der Waals surface area contributed by atoms with Crippen molar-refractivity contribution < 1.29 is 14.4 Å². The topological polar surface area (TPSA) is 92.2 Å². The minimum atomic E-state index is -0.730. The van der Waals surface area contributed by atoms with Crippen LogP contribution in [0.5, 0.6) is 5.75 Å². The van der Waals surface area contributed by atoms with E-state index in [0.717, 1.165) is 17.7 Å². The first-order chi connectivity index (χ1) is 11.5. The van der Waals surface area contributed by atoms with Gasteiger partial charge in [-0.15, -0.1) is 0 Å². The van der Waals surface area contributed by atoms with Gasteiger partial charge in [0.1, 0.15) is 5.03 Å². The van der Waals surface area contributed by atoms with E-state index in [-0.39, 0.29) is 10.9 Å². The number of nitro benzene ring substituents is 1. The highest BCUT2D eigenvalue weighted by Crippen LogP contribution is 2.29. The van der Waals surface area contributed by atoms with Crippen molar-refractivity contribution in [1.82, 2.24) is 4.98 Å². The lowest BCUT2D eigenvalue weighted by atomic mass is 10.1. The zero-order valence-electron chi connectivity index (χ0n) is 12.2. The summed E-state index contributed by atoms with van der Waals surface area (Å²) in [5.74, 6) is 0.0816. The predicted octanol–water partition coefficient (Wildman–Crippen LogP) is 4.06. The van der Waals surface area contributed by atoms with Gasteiger partial charge in [-0.3, -0.25) is 10.1 Å². The summed E-state index contributed by atoms with van der Waals surface area (Å²) >= 11 is 6.17. The molecule has 3 aromatic rings. The second kappa shape index (κ2) is 6.55. The molecule has 0 N–H and O–H groups in total. The van der Waals surface area contributed by atoms with E-state index in [0.29, 0.717) is 11.3 Å². The van der Waals surface area contributed by atoms with Crippen molar-refractivity contribution in [3.05, 3.63) is 76.3 Å². The predicted molar refractivity (Wildman–Crippen MR) is 88.2 cm³/mol. The second-order valence-corrected chi connectivity index (χ2v) is 5.28. The smallest absolute Gasteiger partial charge is 0.262 e. The molecule has 0 fully saturated rings. The van der Waals surface area contributed by atoms with Gasteiger partial charge in [0.2, 0.25) is 5.89 Å². The molecule has 0 radical (unpaired) electrons. The molecule has 7 heteroatoms. The lowest BCUT2D eigenvalue weighted by Gasteiger charge is -2.06. The number of aromatic nitrogens is 1. The van der Waals surface area contributed by atoms with Gasteiger partial charge in [0.05, 0.1) is 11.1 Å². The Balaban J connectivity index is 1.91. The third-order valence-electron chi connectivity index (χ3n) is 3.24. The fraction of sp³-hybridized carbons (Fsp3) is 0. The highest BCUT2D eigenvalue weighted by molar-refractivity contribution is 6.50. The van der Waals surface area contributed by atoms with Crippen molar-refractivity contribution in [2.24, 2.45) is 0 Å². The molecule has 2 aromatic carbocycles. The van der Waals surface area contributed by atoms with Crippen LogP contribution < -0.4 is 5.11 Å². The minimum Gasteiger partial charge on any atom is -0.868 e. The number of halogens is 1. The minimum absolute atomic E-state index is 0.171. The van der Waals surface area contributed by atoms with E-state index < -0.39 is 16.4 Å². The number of benzene rings is 2. The third kappa shape index (κ3) is 3.28. The normalized spacial score (nSPS) is 11.5. The zero-order valence-corrected chi connectivity index (χ0v) is 12.9. The summed E-state index contributed by atoms with van der Waals surface area (Å²) in [5.41, 5.74) is 0.753. The van der Waals surface area contributed by atoms with Gasteiger partial charge in [0, 0.05) is 11.6 Å². The van der Waals surface area contributed by atoms with Crippen LogP contribution in [0.25, 0.3) is 22.4 Å². The third-order valence-corrected chi connectivity index (χ3v) is 3.51. The Hall–Kier alpha value is -3.12. The maximum Gasteiger partial charge on any atom is 0.262 e. The molecule has 0 aliphatic heterocycles. The van der Waals surface area contributed by atoms with E-state index in [1.54, 1.807) is 6.20 Å². The van der Waals surface area contributed by atoms with Crippen molar-refractivity contribution in [1.29, 1.82) is 0 Å². The van der Waals surface area contributed by atoms with E-state index in [9.17, 15) is 15.2 Å². The average molecular weight is 342 g/mol. The molecule has 0 aliphatic carbocycles. The van der Waals surface area contributed by atoms with E-state index in [4.69, 9.17) is 16.0 Å². The van der Waals surface area contributed by atoms with Crippen LogP contribution in [0.4, 0.5) is 5.69 Å². The van der Waals surface area contributed by atoms with Gasteiger partial charge in [-0.2, -0.15) is 0 Å². The van der Waals surface area contributed by atoms with E-state index in [2.05, 4.69) is 4.98 Å². The van der Waals surface area contributed by atoms with Crippen LogP contribution in [0.1, 0.15) is 11.5 Å². The SMILES string of the molecule is O=[N+]([O-])c1cc(/C=C(\Cl)c2ncc(-c3ccccc3)o2)ccc1[O-]. The Morgan fingerprint density at radius 1 is 1.21 bits per heavy atom. The van der Waals surface area contributed by atoms with Gasteiger partial charge in [-0.05, 0) is 17.4 Å². The molecule has 1 aromatic heterocycles. The molecular weight excluding hydrogens is 332 g/mol. The number of nitro groups is 1. The highest BCUT2D eigenvalue weighted by Gasteiger charge is 2.11. The zero-order chi connectivity index (χ0) is 17.1. The molecule has 120 valence electrons. The number of hydrogen-bond acceptors (Lipinski definition) is 5.